The summed E-state index contributed by atoms with van der Waals surface area (Å²) in [7, 11) is -4.59. The Bertz CT molecular complexity index is 2020. The number of phosphoric acid groups is 1. The molecule has 0 aromatic heterocycles. The van der Waals surface area contributed by atoms with E-state index in [2.05, 4.69) is 12.1 Å². The second kappa shape index (κ2) is 16.6. The molecule has 2 aromatic rings. The lowest BCUT2D eigenvalue weighted by Crippen LogP contribution is -2.59. The first-order chi connectivity index (χ1) is 27.2. The zero-order valence-electron chi connectivity index (χ0n) is 34.9. The monoisotopic (exact) mass is 820 g/mol. The van der Waals surface area contributed by atoms with Crippen molar-refractivity contribution >= 4 is 19.6 Å². The normalized spacial score (nSPS) is 25.7. The van der Waals surface area contributed by atoms with Crippen LogP contribution in [-0.2, 0) is 32.7 Å². The number of hydrogen-bond donors (Lipinski definition) is 1. The smallest absolute Gasteiger partial charge is 0.472 e. The summed E-state index contributed by atoms with van der Waals surface area (Å²) in [6.07, 6.45) is 2.43. The highest BCUT2D eigenvalue weighted by molar-refractivity contribution is 7.47. The van der Waals surface area contributed by atoms with Crippen molar-refractivity contribution in [2.45, 2.75) is 135 Å². The molecule has 2 fully saturated rings. The van der Waals surface area contributed by atoms with Crippen LogP contribution in [0.15, 0.2) is 36.4 Å². The van der Waals surface area contributed by atoms with Gasteiger partial charge in [0.1, 0.15) is 28.8 Å². The van der Waals surface area contributed by atoms with E-state index in [-0.39, 0.29) is 44.0 Å². The van der Waals surface area contributed by atoms with Gasteiger partial charge in [-0.2, -0.15) is 10.5 Å². The number of ether oxygens (including phenoxy) is 4. The van der Waals surface area contributed by atoms with E-state index in [1.807, 2.05) is 52.5 Å². The van der Waals surface area contributed by atoms with Crippen LogP contribution in [0.4, 0.5) is 0 Å². The number of carbonyl (C=O) groups excluding carboxylic acids is 2. The molecule has 58 heavy (non-hydrogen) atoms. The number of likely N-dealkylation sites (tertiary alicyclic amines) is 2. The van der Waals surface area contributed by atoms with Crippen molar-refractivity contribution in [2.75, 3.05) is 32.9 Å². The van der Waals surface area contributed by atoms with E-state index in [4.69, 9.17) is 28.0 Å². The second-order valence-electron chi connectivity index (χ2n) is 17.6. The Hall–Kier alpha value is -4.01. The van der Waals surface area contributed by atoms with Gasteiger partial charge in [0, 0.05) is 37.1 Å². The fourth-order valence-electron chi connectivity index (χ4n) is 9.30. The Morgan fingerprint density at radius 1 is 0.845 bits per heavy atom. The lowest BCUT2D eigenvalue weighted by atomic mass is 9.67. The lowest BCUT2D eigenvalue weighted by molar-refractivity contribution is -0.173. The van der Waals surface area contributed by atoms with E-state index in [0.717, 1.165) is 12.0 Å². The maximum absolute atomic E-state index is 13.3. The summed E-state index contributed by atoms with van der Waals surface area (Å²) >= 11 is 0. The zero-order valence-corrected chi connectivity index (χ0v) is 35.8. The van der Waals surface area contributed by atoms with Crippen molar-refractivity contribution < 1.29 is 47.0 Å². The van der Waals surface area contributed by atoms with E-state index in [1.54, 1.807) is 49.1 Å². The van der Waals surface area contributed by atoms with Crippen LogP contribution in [0.2, 0.25) is 0 Å². The molecule has 2 amide bonds. The average Bonchev–Trinajstić information content (AvgIpc) is 3.78. The minimum Gasteiger partial charge on any atom is -0.487 e. The Kier molecular flexibility index (Phi) is 12.4. The third-order valence-corrected chi connectivity index (χ3v) is 13.3. The van der Waals surface area contributed by atoms with Gasteiger partial charge in [0.05, 0.1) is 72.3 Å². The van der Waals surface area contributed by atoms with Crippen molar-refractivity contribution in [3.63, 3.8) is 0 Å². The van der Waals surface area contributed by atoms with Gasteiger partial charge in [-0.05, 0) is 111 Å². The molecule has 2 saturated heterocycles. The summed E-state index contributed by atoms with van der Waals surface area (Å²) in [6.45, 7) is 16.0. The van der Waals surface area contributed by atoms with Crippen LogP contribution in [0.1, 0.15) is 128 Å². The zero-order chi connectivity index (χ0) is 42.3. The minimum atomic E-state index is -4.59. The number of amides is 2. The van der Waals surface area contributed by atoms with Crippen LogP contribution in [0.25, 0.3) is 0 Å². The van der Waals surface area contributed by atoms with Crippen LogP contribution in [0.5, 0.6) is 11.5 Å². The third kappa shape index (κ3) is 8.94. The fourth-order valence-corrected chi connectivity index (χ4v) is 10.4. The largest absolute Gasteiger partial charge is 0.487 e. The predicted molar refractivity (Wildman–Crippen MR) is 213 cm³/mol. The van der Waals surface area contributed by atoms with Crippen molar-refractivity contribution in [3.8, 4) is 23.6 Å². The predicted octanol–water partition coefficient (Wildman–Crippen LogP) is 7.29. The van der Waals surface area contributed by atoms with Gasteiger partial charge in [-0.3, -0.25) is 18.6 Å². The molecule has 15 heteroatoms. The maximum Gasteiger partial charge on any atom is 0.472 e. The van der Waals surface area contributed by atoms with Gasteiger partial charge >= 0.3 is 7.82 Å². The lowest BCUT2D eigenvalue weighted by Gasteiger charge is -2.54. The Balaban J connectivity index is 1.10. The van der Waals surface area contributed by atoms with E-state index >= 15 is 0 Å². The summed E-state index contributed by atoms with van der Waals surface area (Å²) in [5, 5.41) is 19.3. The molecule has 6 atom stereocenters. The Morgan fingerprint density at radius 3 is 1.90 bits per heavy atom. The average molecular weight is 821 g/mol. The van der Waals surface area contributed by atoms with Gasteiger partial charge in [-0.1, -0.05) is 6.92 Å². The van der Waals surface area contributed by atoms with Crippen LogP contribution in [0, 0.1) is 28.6 Å². The quantitative estimate of drug-likeness (QED) is 0.140. The standard InChI is InChI=1S/C43H57N4O10P/c1-9-43(8,38-36(46-19-10-12-34(46)48)30-24-28(26-44)14-16-32(30)55-41(38,4)5)53-21-18-40(2,3)57-58(50,51)54-23-22-52-39-37(47-20-11-13-35(47)49)31-25-29(27-45)15-17-33(31)56-42(39,6)7/h14-17,24-25,36-39H,9-13,18-23H2,1-8H3,(H,50,51). The van der Waals surface area contributed by atoms with Gasteiger partial charge in [-0.15, -0.1) is 0 Å². The van der Waals surface area contributed by atoms with Crippen molar-refractivity contribution in [1.82, 2.24) is 9.80 Å². The van der Waals surface area contributed by atoms with Crippen LogP contribution >= 0.6 is 7.82 Å². The summed E-state index contributed by atoms with van der Waals surface area (Å²) < 4.78 is 50.4. The van der Waals surface area contributed by atoms with Crippen molar-refractivity contribution in [2.24, 2.45) is 5.92 Å². The van der Waals surface area contributed by atoms with Gasteiger partial charge in [0.15, 0.2) is 0 Å². The molecule has 0 spiro atoms. The van der Waals surface area contributed by atoms with E-state index in [1.165, 1.54) is 0 Å². The highest BCUT2D eigenvalue weighted by atomic mass is 31.2. The first kappa shape index (κ1) is 43.6. The molecular weight excluding hydrogens is 763 g/mol. The number of hydrogen-bond acceptors (Lipinski definition) is 11. The number of nitriles is 2. The van der Waals surface area contributed by atoms with Gasteiger partial charge in [0.2, 0.25) is 11.8 Å². The minimum absolute atomic E-state index is 0.0172. The van der Waals surface area contributed by atoms with E-state index in [9.17, 15) is 29.6 Å². The molecule has 0 radical (unpaired) electrons. The van der Waals surface area contributed by atoms with Gasteiger partial charge < -0.3 is 33.6 Å². The first-order valence-electron chi connectivity index (χ1n) is 20.2. The molecular formula is C43H57N4O10P. The summed E-state index contributed by atoms with van der Waals surface area (Å²) in [6, 6.07) is 13.9. The van der Waals surface area contributed by atoms with Gasteiger partial charge in [-0.25, -0.2) is 4.57 Å². The van der Waals surface area contributed by atoms with Crippen LogP contribution < -0.4 is 9.47 Å². The number of fused-ring (bicyclic) bond motifs is 2. The van der Waals surface area contributed by atoms with Crippen molar-refractivity contribution in [1.29, 1.82) is 10.5 Å². The Morgan fingerprint density at radius 2 is 1.38 bits per heavy atom. The highest BCUT2D eigenvalue weighted by Gasteiger charge is 2.56. The molecule has 0 aliphatic carbocycles. The first-order valence-corrected chi connectivity index (χ1v) is 21.7. The third-order valence-electron chi connectivity index (χ3n) is 12.1. The highest BCUT2D eigenvalue weighted by Crippen LogP contribution is 2.54. The number of nitrogens with zero attached hydrogens (tertiary/aromatic N) is 4. The molecule has 4 heterocycles. The SMILES string of the molecule is CCC(C)(OCCC(C)(C)OP(=O)(O)OCCOC1C(N2CCCC2=O)c2cc(C#N)ccc2OC1(C)C)C1C(N2CCCC2=O)c2cc(C#N)ccc2OC1(C)C. The molecule has 1 N–H and O–H groups in total. The van der Waals surface area contributed by atoms with E-state index < -0.39 is 48.4 Å². The molecule has 314 valence electrons. The second-order valence-corrected chi connectivity index (χ2v) is 19.0. The maximum atomic E-state index is 13.3. The number of carbonyl (C=O) groups is 2. The van der Waals surface area contributed by atoms with Crippen LogP contribution in [0.3, 0.4) is 0 Å². The van der Waals surface area contributed by atoms with E-state index in [0.29, 0.717) is 67.0 Å². The molecule has 4 aliphatic heterocycles. The van der Waals surface area contributed by atoms with Crippen molar-refractivity contribution in [3.05, 3.63) is 58.7 Å². The molecule has 14 nitrogen and oxygen atoms in total. The number of phosphoric ester groups is 1. The number of rotatable bonds is 15. The molecule has 6 unspecified atom stereocenters. The molecule has 0 bridgehead atoms. The Labute approximate surface area is 341 Å². The van der Waals surface area contributed by atoms with Crippen LogP contribution in [-0.4, -0.2) is 87.9 Å². The summed E-state index contributed by atoms with van der Waals surface area (Å²) in [5.74, 6) is 0.903. The fraction of sp³-hybridized carbons (Fsp3) is 0.628. The topological polar surface area (TPSA) is 181 Å². The molecule has 6 rings (SSSR count). The number of benzene rings is 2. The summed E-state index contributed by atoms with van der Waals surface area (Å²) in [4.78, 5) is 40.8. The molecule has 4 aliphatic rings. The summed E-state index contributed by atoms with van der Waals surface area (Å²) in [5.41, 5.74) is -1.27. The molecule has 0 saturated carbocycles. The van der Waals surface area contributed by atoms with Gasteiger partial charge in [0.25, 0.3) is 0 Å². The molecule has 2 aromatic carbocycles.